The van der Waals surface area contributed by atoms with Crippen molar-refractivity contribution >= 4 is 11.8 Å². The first-order valence-corrected chi connectivity index (χ1v) is 7.57. The average Bonchev–Trinajstić information content (AvgIpc) is 2.69. The van der Waals surface area contributed by atoms with Gasteiger partial charge in [-0.15, -0.1) is 0 Å². The lowest BCUT2D eigenvalue weighted by molar-refractivity contribution is -0.137. The zero-order valence-corrected chi connectivity index (χ0v) is 12.9. The minimum absolute atomic E-state index is 0.00350. The molecule has 126 valence electrons. The Morgan fingerprint density at radius 2 is 1.96 bits per heavy atom. The smallest absolute Gasteiger partial charge is 0.341 e. The number of rotatable bonds is 3. The average molecular weight is 328 g/mol. The van der Waals surface area contributed by atoms with Gasteiger partial charge in [-0.25, -0.2) is 0 Å². The van der Waals surface area contributed by atoms with E-state index in [4.69, 9.17) is 0 Å². The van der Waals surface area contributed by atoms with Gasteiger partial charge in [-0.2, -0.15) is 13.2 Å². The van der Waals surface area contributed by atoms with Crippen molar-refractivity contribution in [1.82, 2.24) is 9.80 Å². The summed E-state index contributed by atoms with van der Waals surface area (Å²) in [6.07, 6.45) is -3.46. The SMILES string of the molecule is CCCN1CCN(C(=O)c2cccc(C(F)(F)F)c2)CCC1=O. The van der Waals surface area contributed by atoms with Crippen molar-refractivity contribution < 1.29 is 22.8 Å². The lowest BCUT2D eigenvalue weighted by Gasteiger charge is -2.22. The highest BCUT2D eigenvalue weighted by Crippen LogP contribution is 2.29. The van der Waals surface area contributed by atoms with E-state index in [2.05, 4.69) is 0 Å². The van der Waals surface area contributed by atoms with E-state index >= 15 is 0 Å². The molecule has 1 aromatic carbocycles. The Hall–Kier alpha value is -2.05. The van der Waals surface area contributed by atoms with E-state index in [0.29, 0.717) is 19.6 Å². The van der Waals surface area contributed by atoms with Crippen LogP contribution < -0.4 is 0 Å². The van der Waals surface area contributed by atoms with Crippen LogP contribution in [0.1, 0.15) is 35.7 Å². The second kappa shape index (κ2) is 7.02. The van der Waals surface area contributed by atoms with Crippen LogP contribution in [0.2, 0.25) is 0 Å². The highest BCUT2D eigenvalue weighted by atomic mass is 19.4. The molecule has 1 saturated heterocycles. The van der Waals surface area contributed by atoms with Crippen molar-refractivity contribution in [2.45, 2.75) is 25.9 Å². The number of hydrogen-bond acceptors (Lipinski definition) is 2. The van der Waals surface area contributed by atoms with Gasteiger partial charge in [0.2, 0.25) is 5.91 Å². The molecule has 4 nitrogen and oxygen atoms in total. The number of carbonyl (C=O) groups is 2. The summed E-state index contributed by atoms with van der Waals surface area (Å²) in [5.74, 6) is -0.492. The summed E-state index contributed by atoms with van der Waals surface area (Å²) in [6.45, 7) is 3.57. The van der Waals surface area contributed by atoms with Gasteiger partial charge in [0.25, 0.3) is 5.91 Å². The van der Waals surface area contributed by atoms with Gasteiger partial charge in [0.1, 0.15) is 0 Å². The standard InChI is InChI=1S/C16H19F3N2O2/c1-2-7-20-9-10-21(8-6-14(20)22)15(23)12-4-3-5-13(11-12)16(17,18)19/h3-5,11H,2,6-10H2,1H3. The van der Waals surface area contributed by atoms with Crippen LogP contribution in [-0.2, 0) is 11.0 Å². The molecule has 1 aromatic rings. The summed E-state index contributed by atoms with van der Waals surface area (Å²) in [6, 6.07) is 4.39. The molecular weight excluding hydrogens is 309 g/mol. The van der Waals surface area contributed by atoms with Crippen LogP contribution in [0, 0.1) is 0 Å². The van der Waals surface area contributed by atoms with Crippen LogP contribution in [0.3, 0.4) is 0 Å². The van der Waals surface area contributed by atoms with E-state index in [-0.39, 0.29) is 24.4 Å². The molecule has 0 bridgehead atoms. The van der Waals surface area contributed by atoms with Crippen molar-refractivity contribution in [2.75, 3.05) is 26.2 Å². The number of carbonyl (C=O) groups excluding carboxylic acids is 2. The van der Waals surface area contributed by atoms with E-state index < -0.39 is 17.6 Å². The highest BCUT2D eigenvalue weighted by Gasteiger charge is 2.31. The Bertz CT molecular complexity index is 587. The second-order valence-corrected chi connectivity index (χ2v) is 5.50. The fourth-order valence-corrected chi connectivity index (χ4v) is 2.59. The topological polar surface area (TPSA) is 40.6 Å². The summed E-state index contributed by atoms with van der Waals surface area (Å²) in [5, 5.41) is 0. The third-order valence-corrected chi connectivity index (χ3v) is 3.81. The molecule has 1 fully saturated rings. The molecule has 0 aromatic heterocycles. The molecule has 0 N–H and O–H groups in total. The number of benzene rings is 1. The minimum atomic E-state index is -4.48. The Kier molecular flexibility index (Phi) is 5.28. The van der Waals surface area contributed by atoms with E-state index in [1.54, 1.807) is 4.90 Å². The molecule has 1 heterocycles. The molecule has 0 spiro atoms. The van der Waals surface area contributed by atoms with Gasteiger partial charge < -0.3 is 9.80 Å². The third kappa shape index (κ3) is 4.24. The monoisotopic (exact) mass is 328 g/mol. The van der Waals surface area contributed by atoms with Crippen molar-refractivity contribution in [3.05, 3.63) is 35.4 Å². The van der Waals surface area contributed by atoms with Gasteiger partial charge in [0.15, 0.2) is 0 Å². The minimum Gasteiger partial charge on any atom is -0.341 e. The largest absolute Gasteiger partial charge is 0.416 e. The maximum atomic E-state index is 12.7. The third-order valence-electron chi connectivity index (χ3n) is 3.81. The molecule has 2 rings (SSSR count). The van der Waals surface area contributed by atoms with E-state index in [1.807, 2.05) is 6.92 Å². The summed E-state index contributed by atoms with van der Waals surface area (Å²) in [5.41, 5.74) is -0.849. The molecule has 23 heavy (non-hydrogen) atoms. The molecular formula is C16H19F3N2O2. The quantitative estimate of drug-likeness (QED) is 0.856. The maximum absolute atomic E-state index is 12.7. The Morgan fingerprint density at radius 3 is 2.61 bits per heavy atom. The number of halogens is 3. The molecule has 0 radical (unpaired) electrons. The normalized spacial score (nSPS) is 16.4. The number of amides is 2. The Labute approximate surface area is 132 Å². The van der Waals surface area contributed by atoms with Crippen LogP contribution in [0.4, 0.5) is 13.2 Å². The van der Waals surface area contributed by atoms with Crippen LogP contribution in [0.15, 0.2) is 24.3 Å². The molecule has 1 aliphatic heterocycles. The van der Waals surface area contributed by atoms with E-state index in [1.165, 1.54) is 17.0 Å². The number of hydrogen-bond donors (Lipinski definition) is 0. The van der Waals surface area contributed by atoms with Crippen LogP contribution >= 0.6 is 0 Å². The molecule has 0 atom stereocenters. The Balaban J connectivity index is 2.13. The second-order valence-electron chi connectivity index (χ2n) is 5.50. The summed E-state index contributed by atoms with van der Waals surface area (Å²) in [7, 11) is 0. The fourth-order valence-electron chi connectivity index (χ4n) is 2.59. The number of nitrogens with zero attached hydrogens (tertiary/aromatic N) is 2. The van der Waals surface area contributed by atoms with E-state index in [9.17, 15) is 22.8 Å². The van der Waals surface area contributed by atoms with Crippen molar-refractivity contribution in [2.24, 2.45) is 0 Å². The van der Waals surface area contributed by atoms with Gasteiger partial charge in [-0.05, 0) is 24.6 Å². The summed E-state index contributed by atoms with van der Waals surface area (Å²) >= 11 is 0. The first kappa shape index (κ1) is 17.3. The molecule has 0 unspecified atom stereocenters. The molecule has 0 saturated carbocycles. The molecule has 7 heteroatoms. The fraction of sp³-hybridized carbons (Fsp3) is 0.500. The first-order valence-electron chi connectivity index (χ1n) is 7.57. The van der Waals surface area contributed by atoms with Gasteiger partial charge in [0.05, 0.1) is 5.56 Å². The molecule has 2 amide bonds. The predicted molar refractivity (Wildman–Crippen MR) is 78.8 cm³/mol. The van der Waals surface area contributed by atoms with Gasteiger partial charge in [0, 0.05) is 38.2 Å². The lowest BCUT2D eigenvalue weighted by Crippen LogP contribution is -2.36. The van der Waals surface area contributed by atoms with Crippen LogP contribution in [0.5, 0.6) is 0 Å². The lowest BCUT2D eigenvalue weighted by atomic mass is 10.1. The van der Waals surface area contributed by atoms with Crippen molar-refractivity contribution in [3.8, 4) is 0 Å². The molecule has 0 aliphatic carbocycles. The highest BCUT2D eigenvalue weighted by molar-refractivity contribution is 5.95. The Morgan fingerprint density at radius 1 is 1.22 bits per heavy atom. The first-order chi connectivity index (χ1) is 10.8. The van der Waals surface area contributed by atoms with Crippen molar-refractivity contribution in [1.29, 1.82) is 0 Å². The zero-order chi connectivity index (χ0) is 17.0. The summed E-state index contributed by atoms with van der Waals surface area (Å²) in [4.78, 5) is 27.5. The molecule has 1 aliphatic rings. The number of alkyl halides is 3. The summed E-state index contributed by atoms with van der Waals surface area (Å²) < 4.78 is 38.2. The predicted octanol–water partition coefficient (Wildman–Crippen LogP) is 2.79. The van der Waals surface area contributed by atoms with E-state index in [0.717, 1.165) is 18.6 Å². The maximum Gasteiger partial charge on any atom is 0.416 e. The van der Waals surface area contributed by atoms with Crippen LogP contribution in [-0.4, -0.2) is 47.8 Å². The van der Waals surface area contributed by atoms with Crippen molar-refractivity contribution in [3.63, 3.8) is 0 Å². The van der Waals surface area contributed by atoms with Gasteiger partial charge >= 0.3 is 6.18 Å². The van der Waals surface area contributed by atoms with Gasteiger partial charge in [-0.3, -0.25) is 9.59 Å². The van der Waals surface area contributed by atoms with Crippen LogP contribution in [0.25, 0.3) is 0 Å². The van der Waals surface area contributed by atoms with Gasteiger partial charge in [-0.1, -0.05) is 13.0 Å². The zero-order valence-electron chi connectivity index (χ0n) is 12.9.